The fourth-order valence-electron chi connectivity index (χ4n) is 1.92. The lowest BCUT2D eigenvalue weighted by Gasteiger charge is -2.14. The Morgan fingerprint density at radius 2 is 2.10 bits per heavy atom. The van der Waals surface area contributed by atoms with Crippen LogP contribution in [-0.4, -0.2) is 20.9 Å². The second-order valence-electron chi connectivity index (χ2n) is 5.13. The maximum Gasteiger partial charge on any atom is 0.252 e. The molecule has 0 saturated carbocycles. The third-order valence-corrected chi connectivity index (χ3v) is 3.12. The van der Waals surface area contributed by atoms with Gasteiger partial charge < -0.3 is 15.7 Å². The fourth-order valence-corrected chi connectivity index (χ4v) is 1.92. The molecule has 21 heavy (non-hydrogen) atoms. The lowest BCUT2D eigenvalue weighted by atomic mass is 10.1. The number of carbonyl (C=O) groups is 1. The molecule has 0 bridgehead atoms. The van der Waals surface area contributed by atoms with Crippen molar-refractivity contribution in [2.75, 3.05) is 5.43 Å². The Hall–Kier alpha value is -2.41. The largest absolute Gasteiger partial charge is 0.347 e. The van der Waals surface area contributed by atoms with E-state index in [0.717, 1.165) is 5.69 Å². The number of imidazole rings is 1. The van der Waals surface area contributed by atoms with Crippen LogP contribution in [0.2, 0.25) is 0 Å². The third kappa shape index (κ3) is 3.57. The summed E-state index contributed by atoms with van der Waals surface area (Å²) in [5.41, 5.74) is 3.81. The molecule has 1 amide bonds. The Labute approximate surface area is 123 Å². The van der Waals surface area contributed by atoms with Gasteiger partial charge in [0.25, 0.3) is 5.91 Å². The Bertz CT molecular complexity index is 608. The number of aromatic nitrogens is 3. The standard InChI is InChI=1S/C14H20N6O/c1-8(2)11-6-10(7-12(19-11)20-15)14(21)18-9(3)13-16-4-5-17-13/h4-9H,15H2,1-3H3,(H,16,17)(H,18,21)(H,19,20). The molecular weight excluding hydrogens is 268 g/mol. The predicted molar refractivity (Wildman–Crippen MR) is 80.6 cm³/mol. The Morgan fingerprint density at radius 3 is 2.67 bits per heavy atom. The number of carbonyl (C=O) groups excluding carboxylic acids is 1. The average molecular weight is 288 g/mol. The van der Waals surface area contributed by atoms with Crippen LogP contribution in [0.1, 0.15) is 54.6 Å². The summed E-state index contributed by atoms with van der Waals surface area (Å²) < 4.78 is 0. The van der Waals surface area contributed by atoms with Crippen LogP contribution in [0.25, 0.3) is 0 Å². The van der Waals surface area contributed by atoms with E-state index in [2.05, 4.69) is 25.7 Å². The smallest absolute Gasteiger partial charge is 0.252 e. The van der Waals surface area contributed by atoms with Crippen LogP contribution in [-0.2, 0) is 0 Å². The normalized spacial score (nSPS) is 12.2. The highest BCUT2D eigenvalue weighted by Gasteiger charge is 2.15. The van der Waals surface area contributed by atoms with Gasteiger partial charge in [0.05, 0.1) is 6.04 Å². The topological polar surface area (TPSA) is 109 Å². The number of nitrogen functional groups attached to an aromatic ring is 1. The summed E-state index contributed by atoms with van der Waals surface area (Å²) in [6.45, 7) is 5.88. The summed E-state index contributed by atoms with van der Waals surface area (Å²) in [5, 5.41) is 2.89. The van der Waals surface area contributed by atoms with Gasteiger partial charge in [-0.05, 0) is 25.0 Å². The zero-order chi connectivity index (χ0) is 15.4. The highest BCUT2D eigenvalue weighted by Crippen LogP contribution is 2.18. The molecule has 1 atom stereocenters. The molecule has 0 aliphatic carbocycles. The van der Waals surface area contributed by atoms with E-state index in [1.807, 2.05) is 20.8 Å². The first-order chi connectivity index (χ1) is 10.0. The molecule has 0 spiro atoms. The van der Waals surface area contributed by atoms with Crippen molar-refractivity contribution in [2.24, 2.45) is 5.84 Å². The summed E-state index contributed by atoms with van der Waals surface area (Å²) in [5.74, 6) is 6.59. The molecule has 2 rings (SSSR count). The molecule has 7 heteroatoms. The van der Waals surface area contributed by atoms with Crippen molar-refractivity contribution in [3.05, 3.63) is 41.6 Å². The number of nitrogens with zero attached hydrogens (tertiary/aromatic N) is 2. The summed E-state index contributed by atoms with van der Waals surface area (Å²) in [6, 6.07) is 3.18. The number of hydrogen-bond acceptors (Lipinski definition) is 5. The molecule has 0 saturated heterocycles. The number of nitrogens with two attached hydrogens (primary N) is 1. The van der Waals surface area contributed by atoms with E-state index in [0.29, 0.717) is 17.2 Å². The van der Waals surface area contributed by atoms with Gasteiger partial charge in [-0.3, -0.25) is 4.79 Å². The molecule has 0 aromatic carbocycles. The van der Waals surface area contributed by atoms with E-state index in [9.17, 15) is 4.79 Å². The van der Waals surface area contributed by atoms with Crippen molar-refractivity contribution >= 4 is 11.7 Å². The summed E-state index contributed by atoms with van der Waals surface area (Å²) in [6.07, 6.45) is 3.37. The monoisotopic (exact) mass is 288 g/mol. The van der Waals surface area contributed by atoms with Crippen LogP contribution in [0.4, 0.5) is 5.82 Å². The number of hydrazine groups is 1. The maximum absolute atomic E-state index is 12.3. The minimum Gasteiger partial charge on any atom is -0.347 e. The maximum atomic E-state index is 12.3. The Balaban J connectivity index is 2.20. The zero-order valence-corrected chi connectivity index (χ0v) is 12.3. The quantitative estimate of drug-likeness (QED) is 0.494. The van der Waals surface area contributed by atoms with Gasteiger partial charge in [0.1, 0.15) is 11.6 Å². The number of H-pyrrole nitrogens is 1. The van der Waals surface area contributed by atoms with E-state index >= 15 is 0 Å². The highest BCUT2D eigenvalue weighted by atomic mass is 16.1. The van der Waals surface area contributed by atoms with Gasteiger partial charge in [0.15, 0.2) is 0 Å². The second-order valence-corrected chi connectivity index (χ2v) is 5.13. The van der Waals surface area contributed by atoms with Gasteiger partial charge in [-0.15, -0.1) is 0 Å². The summed E-state index contributed by atoms with van der Waals surface area (Å²) in [4.78, 5) is 23.8. The van der Waals surface area contributed by atoms with Crippen molar-refractivity contribution in [1.82, 2.24) is 20.3 Å². The van der Waals surface area contributed by atoms with Gasteiger partial charge in [0.2, 0.25) is 0 Å². The number of anilines is 1. The van der Waals surface area contributed by atoms with Crippen molar-refractivity contribution in [3.63, 3.8) is 0 Å². The van der Waals surface area contributed by atoms with Crippen LogP contribution in [0.3, 0.4) is 0 Å². The fraction of sp³-hybridized carbons (Fsp3) is 0.357. The molecule has 112 valence electrons. The molecule has 2 heterocycles. The van der Waals surface area contributed by atoms with E-state index in [4.69, 9.17) is 5.84 Å². The van der Waals surface area contributed by atoms with Crippen molar-refractivity contribution < 1.29 is 4.79 Å². The molecule has 5 N–H and O–H groups in total. The van der Waals surface area contributed by atoms with Crippen LogP contribution in [0.15, 0.2) is 24.5 Å². The molecule has 2 aromatic heterocycles. The molecule has 0 fully saturated rings. The van der Waals surface area contributed by atoms with Crippen LogP contribution < -0.4 is 16.6 Å². The number of hydrogen-bond donors (Lipinski definition) is 4. The van der Waals surface area contributed by atoms with Crippen molar-refractivity contribution in [2.45, 2.75) is 32.7 Å². The predicted octanol–water partition coefficient (Wildman–Crippen LogP) is 1.70. The number of nitrogens with one attached hydrogen (secondary N) is 3. The Morgan fingerprint density at radius 1 is 1.33 bits per heavy atom. The molecule has 2 aromatic rings. The summed E-state index contributed by atoms with van der Waals surface area (Å²) in [7, 11) is 0. The van der Waals surface area contributed by atoms with Gasteiger partial charge in [0, 0.05) is 23.7 Å². The van der Waals surface area contributed by atoms with E-state index in [1.54, 1.807) is 24.5 Å². The van der Waals surface area contributed by atoms with Gasteiger partial charge in [-0.1, -0.05) is 13.8 Å². The second kappa shape index (κ2) is 6.36. The van der Waals surface area contributed by atoms with Crippen LogP contribution in [0, 0.1) is 0 Å². The van der Waals surface area contributed by atoms with Crippen LogP contribution >= 0.6 is 0 Å². The third-order valence-electron chi connectivity index (χ3n) is 3.12. The van der Waals surface area contributed by atoms with E-state index in [1.165, 1.54) is 0 Å². The highest BCUT2D eigenvalue weighted by molar-refractivity contribution is 5.95. The van der Waals surface area contributed by atoms with Gasteiger partial charge in [-0.25, -0.2) is 15.8 Å². The first-order valence-corrected chi connectivity index (χ1v) is 6.80. The van der Waals surface area contributed by atoms with Crippen molar-refractivity contribution in [1.29, 1.82) is 0 Å². The van der Waals surface area contributed by atoms with E-state index < -0.39 is 0 Å². The molecule has 0 radical (unpaired) electrons. The molecule has 7 nitrogen and oxygen atoms in total. The zero-order valence-electron chi connectivity index (χ0n) is 12.3. The molecule has 1 unspecified atom stereocenters. The van der Waals surface area contributed by atoms with Crippen molar-refractivity contribution in [3.8, 4) is 0 Å². The number of amides is 1. The van der Waals surface area contributed by atoms with Gasteiger partial charge in [-0.2, -0.15) is 0 Å². The number of pyridine rings is 1. The lowest BCUT2D eigenvalue weighted by molar-refractivity contribution is 0.0938. The molecule has 0 aliphatic heterocycles. The molecule has 0 aliphatic rings. The van der Waals surface area contributed by atoms with Crippen LogP contribution in [0.5, 0.6) is 0 Å². The first kappa shape index (κ1) is 15.0. The average Bonchev–Trinajstić information content (AvgIpc) is 3.00. The number of aromatic amines is 1. The van der Waals surface area contributed by atoms with E-state index in [-0.39, 0.29) is 17.9 Å². The SMILES string of the molecule is CC(C)c1cc(C(=O)NC(C)c2ncc[nH]2)cc(NN)n1. The lowest BCUT2D eigenvalue weighted by Crippen LogP contribution is -2.28. The number of rotatable bonds is 5. The summed E-state index contributed by atoms with van der Waals surface area (Å²) >= 11 is 0. The minimum absolute atomic E-state index is 0.195. The molecular formula is C14H20N6O. The minimum atomic E-state index is -0.211. The first-order valence-electron chi connectivity index (χ1n) is 6.80. The van der Waals surface area contributed by atoms with Gasteiger partial charge >= 0.3 is 0 Å². The Kier molecular flexibility index (Phi) is 4.54.